The Labute approximate surface area is 220 Å². The summed E-state index contributed by atoms with van der Waals surface area (Å²) in [4.78, 5) is 13.2. The van der Waals surface area contributed by atoms with Crippen LogP contribution in [0, 0.1) is 36.5 Å². The zero-order valence-electron chi connectivity index (χ0n) is 21.8. The van der Waals surface area contributed by atoms with Crippen molar-refractivity contribution in [3.05, 3.63) is 81.8 Å². The van der Waals surface area contributed by atoms with Crippen LogP contribution < -0.4 is 5.32 Å². The van der Waals surface area contributed by atoms with Crippen LogP contribution in [0.3, 0.4) is 0 Å². The quantitative estimate of drug-likeness (QED) is 0.259. The zero-order chi connectivity index (χ0) is 28.0. The molecule has 1 aromatic carbocycles. The number of hydrogen-bond donors (Lipinski definition) is 1. The maximum Gasteiger partial charge on any atom is 0.266 e. The normalized spacial score (nSPS) is 11.8. The maximum atomic E-state index is 13.6. The van der Waals surface area contributed by atoms with Gasteiger partial charge in [0.15, 0.2) is 0 Å². The first-order chi connectivity index (χ1) is 17.1. The number of alkyl halides is 2. The molecule has 0 atom stereocenters. The fourth-order valence-electron chi connectivity index (χ4n) is 2.28. The van der Waals surface area contributed by atoms with Crippen molar-refractivity contribution in [2.75, 3.05) is 12.3 Å². The fourth-order valence-corrected chi connectivity index (χ4v) is 3.15. The standard InChI is InChI=1S/C24H28F2N2OS.C4H6.C2H2/c1-5-7-8-10-20(13-18(3)24(4,25)26)17-30-22(6-2)16-28-23(29)21-12-9-11-19(14-21)15-27;1-3-4-2;1-2/h6-14H,5,16-17H2,1-4H3,(H,28,29);1H,4H2,2H3;1-2H/b8-7+,18-13+,20-10+,22-6-;;. The molecule has 3 nitrogen and oxygen atoms in total. The lowest BCUT2D eigenvalue weighted by Gasteiger charge is -2.13. The van der Waals surface area contributed by atoms with Crippen LogP contribution in [0.1, 0.15) is 63.4 Å². The van der Waals surface area contributed by atoms with Crippen LogP contribution in [0.5, 0.6) is 0 Å². The molecule has 1 N–H and O–H groups in total. The summed E-state index contributed by atoms with van der Waals surface area (Å²) in [6.07, 6.45) is 23.6. The molecule has 0 aliphatic carbocycles. The number of carbonyl (C=O) groups excluding carboxylic acids is 1. The number of terminal acetylenes is 2. The first-order valence-corrected chi connectivity index (χ1v) is 12.4. The van der Waals surface area contributed by atoms with Crippen molar-refractivity contribution in [2.45, 2.75) is 53.4 Å². The van der Waals surface area contributed by atoms with Crippen LogP contribution in [-0.4, -0.2) is 24.1 Å². The number of hydrogen-bond acceptors (Lipinski definition) is 3. The van der Waals surface area contributed by atoms with Gasteiger partial charge in [-0.2, -0.15) is 5.26 Å². The number of allylic oxidation sites excluding steroid dienone is 6. The van der Waals surface area contributed by atoms with Gasteiger partial charge in [0, 0.05) is 36.1 Å². The number of carbonyl (C=O) groups is 1. The maximum absolute atomic E-state index is 13.6. The minimum atomic E-state index is -2.87. The number of benzene rings is 1. The molecule has 1 aromatic rings. The van der Waals surface area contributed by atoms with Gasteiger partial charge < -0.3 is 5.32 Å². The molecule has 192 valence electrons. The molecule has 0 heterocycles. The van der Waals surface area contributed by atoms with E-state index in [0.717, 1.165) is 30.2 Å². The van der Waals surface area contributed by atoms with Gasteiger partial charge in [-0.05, 0) is 49.6 Å². The molecule has 1 rings (SSSR count). The minimum absolute atomic E-state index is 0.00644. The van der Waals surface area contributed by atoms with Gasteiger partial charge in [0.25, 0.3) is 11.8 Å². The van der Waals surface area contributed by atoms with E-state index in [2.05, 4.69) is 24.1 Å². The molecule has 0 fully saturated rings. The van der Waals surface area contributed by atoms with E-state index in [1.807, 2.05) is 51.1 Å². The Hall–Kier alpha value is -3.53. The van der Waals surface area contributed by atoms with Crippen molar-refractivity contribution in [1.29, 1.82) is 5.26 Å². The van der Waals surface area contributed by atoms with Gasteiger partial charge in [0.1, 0.15) is 0 Å². The Morgan fingerprint density at radius 3 is 2.42 bits per heavy atom. The predicted molar refractivity (Wildman–Crippen MR) is 151 cm³/mol. The number of rotatable bonds is 10. The highest BCUT2D eigenvalue weighted by molar-refractivity contribution is 8.03. The van der Waals surface area contributed by atoms with E-state index in [9.17, 15) is 13.6 Å². The molecule has 0 saturated carbocycles. The van der Waals surface area contributed by atoms with Gasteiger partial charge in [-0.3, -0.25) is 4.79 Å². The molecule has 1 amide bonds. The molecule has 6 heteroatoms. The zero-order valence-corrected chi connectivity index (χ0v) is 22.6. The first kappa shape index (κ1) is 34.6. The monoisotopic (exact) mass is 510 g/mol. The second-order valence-electron chi connectivity index (χ2n) is 7.27. The van der Waals surface area contributed by atoms with Crippen molar-refractivity contribution >= 4 is 17.7 Å². The topological polar surface area (TPSA) is 52.9 Å². The molecular weight excluding hydrogens is 474 g/mol. The fraction of sp³-hybridized carbons (Fsp3) is 0.333. The highest BCUT2D eigenvalue weighted by Gasteiger charge is 2.23. The summed E-state index contributed by atoms with van der Waals surface area (Å²) in [6.45, 7) is 8.45. The third kappa shape index (κ3) is 16.2. The second-order valence-corrected chi connectivity index (χ2v) is 8.37. The van der Waals surface area contributed by atoms with E-state index in [-0.39, 0.29) is 11.5 Å². The Morgan fingerprint density at radius 1 is 1.28 bits per heavy atom. The third-order valence-corrected chi connectivity index (χ3v) is 5.63. The third-order valence-electron chi connectivity index (χ3n) is 4.40. The Kier molecular flexibility index (Phi) is 20.0. The summed E-state index contributed by atoms with van der Waals surface area (Å²) in [5.41, 5.74) is 1.62. The number of halogens is 2. The molecule has 0 aliphatic heterocycles. The second kappa shape index (κ2) is 20.8. The molecule has 0 bridgehead atoms. The average Bonchev–Trinajstić information content (AvgIpc) is 2.89. The number of thioether (sulfide) groups is 1. The summed E-state index contributed by atoms with van der Waals surface area (Å²) >= 11 is 1.49. The minimum Gasteiger partial charge on any atom is -0.347 e. The Balaban J connectivity index is 0. The molecule has 0 radical (unpaired) electrons. The van der Waals surface area contributed by atoms with Crippen LogP contribution in [-0.2, 0) is 0 Å². The van der Waals surface area contributed by atoms with Crippen LogP contribution in [0.4, 0.5) is 8.78 Å². The van der Waals surface area contributed by atoms with E-state index < -0.39 is 5.92 Å². The molecule has 0 unspecified atom stereocenters. The van der Waals surface area contributed by atoms with Crippen LogP contribution in [0.25, 0.3) is 0 Å². The van der Waals surface area contributed by atoms with Crippen molar-refractivity contribution < 1.29 is 13.6 Å². The number of amides is 1. The van der Waals surface area contributed by atoms with E-state index in [1.165, 1.54) is 30.8 Å². The number of nitrogens with one attached hydrogen (secondary N) is 1. The van der Waals surface area contributed by atoms with E-state index in [0.29, 0.717) is 23.4 Å². The van der Waals surface area contributed by atoms with Crippen LogP contribution >= 0.6 is 11.8 Å². The molecule has 0 saturated heterocycles. The van der Waals surface area contributed by atoms with Crippen molar-refractivity contribution in [2.24, 2.45) is 0 Å². The largest absolute Gasteiger partial charge is 0.347 e. The van der Waals surface area contributed by atoms with Gasteiger partial charge in [0.05, 0.1) is 11.6 Å². The van der Waals surface area contributed by atoms with Crippen LogP contribution in [0.2, 0.25) is 0 Å². The van der Waals surface area contributed by atoms with Crippen molar-refractivity contribution in [3.63, 3.8) is 0 Å². The summed E-state index contributed by atoms with van der Waals surface area (Å²) < 4.78 is 27.1. The SMILES string of the molecule is C#C.C#CCC.C/C=C(/CNC(=O)c1cccc(C#N)c1)SCC(=C/C=C/CC)/C=C(\C)C(C)(F)F. The summed E-state index contributed by atoms with van der Waals surface area (Å²) in [5, 5.41) is 11.8. The highest BCUT2D eigenvalue weighted by atomic mass is 32.2. The molecule has 36 heavy (non-hydrogen) atoms. The summed E-state index contributed by atoms with van der Waals surface area (Å²) in [7, 11) is 0. The summed E-state index contributed by atoms with van der Waals surface area (Å²) in [5.74, 6) is -0.204. The lowest BCUT2D eigenvalue weighted by Crippen LogP contribution is -2.25. The molecule has 0 spiro atoms. The molecule has 0 aliphatic rings. The smallest absolute Gasteiger partial charge is 0.266 e. The van der Waals surface area contributed by atoms with Gasteiger partial charge >= 0.3 is 0 Å². The average molecular weight is 511 g/mol. The summed E-state index contributed by atoms with van der Waals surface area (Å²) in [6, 6.07) is 8.51. The van der Waals surface area contributed by atoms with Crippen molar-refractivity contribution in [1.82, 2.24) is 5.32 Å². The van der Waals surface area contributed by atoms with Gasteiger partial charge in [-0.15, -0.1) is 37.0 Å². The Bertz CT molecular complexity index is 1030. The highest BCUT2D eigenvalue weighted by Crippen LogP contribution is 2.26. The first-order valence-electron chi connectivity index (χ1n) is 11.4. The van der Waals surface area contributed by atoms with E-state index >= 15 is 0 Å². The van der Waals surface area contributed by atoms with Crippen molar-refractivity contribution in [3.8, 4) is 31.3 Å². The van der Waals surface area contributed by atoms with Gasteiger partial charge in [0.2, 0.25) is 0 Å². The van der Waals surface area contributed by atoms with Crippen LogP contribution in [0.15, 0.2) is 70.7 Å². The number of nitrogens with zero attached hydrogens (tertiary/aromatic N) is 1. The molecule has 0 aromatic heterocycles. The number of nitriles is 1. The van der Waals surface area contributed by atoms with E-state index in [4.69, 9.17) is 11.7 Å². The van der Waals surface area contributed by atoms with E-state index in [1.54, 1.807) is 18.2 Å². The lowest BCUT2D eigenvalue weighted by molar-refractivity contribution is 0.0634. The molecular formula is C30H36F2N2OS. The van der Waals surface area contributed by atoms with Gasteiger partial charge in [-0.25, -0.2) is 8.78 Å². The van der Waals surface area contributed by atoms with Gasteiger partial charge in [-0.1, -0.05) is 50.3 Å². The lowest BCUT2D eigenvalue weighted by atomic mass is 10.1. The predicted octanol–water partition coefficient (Wildman–Crippen LogP) is 7.70. The Morgan fingerprint density at radius 2 is 1.92 bits per heavy atom.